The first-order chi connectivity index (χ1) is 8.05. The highest BCUT2D eigenvalue weighted by Gasteiger charge is 2.34. The summed E-state index contributed by atoms with van der Waals surface area (Å²) in [7, 11) is 0. The van der Waals surface area contributed by atoms with Gasteiger partial charge in [0.2, 0.25) is 0 Å². The van der Waals surface area contributed by atoms with Crippen molar-refractivity contribution in [2.24, 2.45) is 5.11 Å². The van der Waals surface area contributed by atoms with Crippen LogP contribution >= 0.6 is 0 Å². The Hall–Kier alpha value is -2.19. The number of nitrogens with zero attached hydrogens (tertiary/aromatic N) is 4. The van der Waals surface area contributed by atoms with Gasteiger partial charge in [-0.15, -0.1) is 0 Å². The van der Waals surface area contributed by atoms with Crippen LogP contribution in [0.25, 0.3) is 10.4 Å². The lowest BCUT2D eigenvalue weighted by atomic mass is 10.2. The van der Waals surface area contributed by atoms with Crippen LogP contribution in [0.3, 0.4) is 0 Å². The summed E-state index contributed by atoms with van der Waals surface area (Å²) in [5, 5.41) is 3.21. The van der Waals surface area contributed by atoms with Gasteiger partial charge in [0.1, 0.15) is 0 Å². The van der Waals surface area contributed by atoms with Gasteiger partial charge in [-0.1, -0.05) is 17.0 Å². The Labute approximate surface area is 95.1 Å². The van der Waals surface area contributed by atoms with Crippen molar-refractivity contribution in [1.29, 1.82) is 0 Å². The Bertz CT molecular complexity index is 492. The molecular formula is C10H7F3N4. The zero-order valence-corrected chi connectivity index (χ0v) is 8.57. The number of rotatable bonds is 2. The Balaban J connectivity index is 2.87. The molecule has 7 heteroatoms. The molecule has 0 unspecified atom stereocenters. The molecule has 0 N–H and O–H groups in total. The third-order valence-electron chi connectivity index (χ3n) is 1.70. The molecule has 1 aromatic heterocycles. The van der Waals surface area contributed by atoms with Crippen LogP contribution in [0.4, 0.5) is 13.2 Å². The summed E-state index contributed by atoms with van der Waals surface area (Å²) in [6.07, 6.45) is -3.25. The molecule has 0 atom stereocenters. The average molecular weight is 240 g/mol. The molecule has 0 amide bonds. The highest BCUT2D eigenvalue weighted by molar-refractivity contribution is 5.38. The predicted molar refractivity (Wildman–Crippen MR) is 54.7 cm³/mol. The molecule has 88 valence electrons. The zero-order chi connectivity index (χ0) is 12.7. The first-order valence-electron chi connectivity index (χ1n) is 4.57. The normalized spacial score (nSPS) is 10.1. The average Bonchev–Trinajstić information content (AvgIpc) is 2.28. The topological polar surface area (TPSA) is 61.7 Å². The Morgan fingerprint density at radius 3 is 2.88 bits per heavy atom. The molecule has 0 aliphatic rings. The van der Waals surface area contributed by atoms with E-state index in [0.29, 0.717) is 0 Å². The van der Waals surface area contributed by atoms with E-state index >= 15 is 0 Å². The largest absolute Gasteiger partial charge is 0.434 e. The first-order valence-corrected chi connectivity index (χ1v) is 4.57. The highest BCUT2D eigenvalue weighted by atomic mass is 19.4. The highest BCUT2D eigenvalue weighted by Crippen LogP contribution is 2.29. The van der Waals surface area contributed by atoms with Crippen LogP contribution in [0.2, 0.25) is 0 Å². The van der Waals surface area contributed by atoms with Gasteiger partial charge < -0.3 is 0 Å². The van der Waals surface area contributed by atoms with Gasteiger partial charge in [0.05, 0.1) is 5.56 Å². The first kappa shape index (κ1) is 12.9. The van der Waals surface area contributed by atoms with E-state index in [1.54, 1.807) is 0 Å². The molecule has 1 aromatic rings. The molecule has 0 bridgehead atoms. The van der Waals surface area contributed by atoms with Crippen molar-refractivity contribution in [3.05, 3.63) is 40.0 Å². The molecule has 0 aromatic carbocycles. The maximum absolute atomic E-state index is 12.5. The van der Waals surface area contributed by atoms with Crippen molar-refractivity contribution in [2.45, 2.75) is 12.6 Å². The Kier molecular flexibility index (Phi) is 4.37. The van der Waals surface area contributed by atoms with Crippen LogP contribution in [-0.4, -0.2) is 11.5 Å². The van der Waals surface area contributed by atoms with Gasteiger partial charge in [0.15, 0.2) is 5.69 Å². The zero-order valence-electron chi connectivity index (χ0n) is 8.57. The second kappa shape index (κ2) is 5.77. The molecule has 4 nitrogen and oxygen atoms in total. The van der Waals surface area contributed by atoms with Gasteiger partial charge >= 0.3 is 6.18 Å². The molecule has 1 rings (SSSR count). The second-order valence-electron chi connectivity index (χ2n) is 2.90. The number of azide groups is 1. The number of aromatic nitrogens is 1. The summed E-state index contributed by atoms with van der Waals surface area (Å²) in [5.74, 6) is 4.86. The maximum Gasteiger partial charge on any atom is 0.434 e. The van der Waals surface area contributed by atoms with E-state index in [1.807, 2.05) is 0 Å². The SMILES string of the molecule is [N-]=[N+]=NCCC#Cc1cccnc1C(F)(F)F. The van der Waals surface area contributed by atoms with Crippen molar-refractivity contribution in [3.63, 3.8) is 0 Å². The summed E-state index contributed by atoms with van der Waals surface area (Å²) < 4.78 is 37.4. The third-order valence-corrected chi connectivity index (χ3v) is 1.70. The molecule has 0 saturated carbocycles. The van der Waals surface area contributed by atoms with Crippen molar-refractivity contribution < 1.29 is 13.2 Å². The van der Waals surface area contributed by atoms with Gasteiger partial charge in [0.25, 0.3) is 0 Å². The Morgan fingerprint density at radius 2 is 2.24 bits per heavy atom. The smallest absolute Gasteiger partial charge is 0.251 e. The van der Waals surface area contributed by atoms with Crippen LogP contribution in [0.15, 0.2) is 23.4 Å². The molecule has 1 heterocycles. The van der Waals surface area contributed by atoms with Gasteiger partial charge in [-0.25, -0.2) is 0 Å². The summed E-state index contributed by atoms with van der Waals surface area (Å²) >= 11 is 0. The molecule has 0 fully saturated rings. The summed E-state index contributed by atoms with van der Waals surface area (Å²) in [6.45, 7) is 0.130. The van der Waals surface area contributed by atoms with E-state index in [-0.39, 0.29) is 18.5 Å². The minimum atomic E-state index is -4.52. The van der Waals surface area contributed by atoms with Crippen molar-refractivity contribution in [1.82, 2.24) is 4.98 Å². The fourth-order valence-corrected chi connectivity index (χ4v) is 1.04. The van der Waals surface area contributed by atoms with E-state index in [1.165, 1.54) is 12.1 Å². The molecule has 0 radical (unpaired) electrons. The van der Waals surface area contributed by atoms with Crippen molar-refractivity contribution >= 4 is 0 Å². The fraction of sp³-hybridized carbons (Fsp3) is 0.300. The van der Waals surface area contributed by atoms with Crippen LogP contribution in [0, 0.1) is 11.8 Å². The minimum Gasteiger partial charge on any atom is -0.251 e. The van der Waals surface area contributed by atoms with Crippen LogP contribution in [-0.2, 0) is 6.18 Å². The number of alkyl halides is 3. The molecule has 0 aliphatic carbocycles. The quantitative estimate of drug-likeness (QED) is 0.257. The monoisotopic (exact) mass is 240 g/mol. The summed E-state index contributed by atoms with van der Waals surface area (Å²) in [6, 6.07) is 2.63. The molecule has 17 heavy (non-hydrogen) atoms. The van der Waals surface area contributed by atoms with Crippen LogP contribution < -0.4 is 0 Å². The van der Waals surface area contributed by atoms with Gasteiger partial charge in [-0.3, -0.25) is 4.98 Å². The lowest BCUT2D eigenvalue weighted by Crippen LogP contribution is -2.10. The molecular weight excluding hydrogens is 233 g/mol. The fourth-order valence-electron chi connectivity index (χ4n) is 1.04. The van der Waals surface area contributed by atoms with Gasteiger partial charge in [0, 0.05) is 24.1 Å². The van der Waals surface area contributed by atoms with Crippen molar-refractivity contribution in [3.8, 4) is 11.8 Å². The van der Waals surface area contributed by atoms with E-state index in [0.717, 1.165) is 6.20 Å². The Morgan fingerprint density at radius 1 is 1.47 bits per heavy atom. The second-order valence-corrected chi connectivity index (χ2v) is 2.90. The van der Waals surface area contributed by atoms with E-state index in [9.17, 15) is 13.2 Å². The van der Waals surface area contributed by atoms with Crippen molar-refractivity contribution in [2.75, 3.05) is 6.54 Å². The molecule has 0 saturated heterocycles. The van der Waals surface area contributed by atoms with Gasteiger partial charge in [-0.05, 0) is 17.7 Å². The minimum absolute atomic E-state index is 0.130. The molecule has 0 aliphatic heterocycles. The predicted octanol–water partition coefficient (Wildman–Crippen LogP) is 3.15. The standard InChI is InChI=1S/C10H7F3N4/c11-10(12,13)9-8(5-3-6-15-9)4-1-2-7-16-17-14/h3,5-6H,2,7H2. The number of halogens is 3. The van der Waals surface area contributed by atoms with Crippen LogP contribution in [0.1, 0.15) is 17.7 Å². The van der Waals surface area contributed by atoms with E-state index < -0.39 is 11.9 Å². The summed E-state index contributed by atoms with van der Waals surface area (Å²) in [5.41, 5.74) is 6.80. The lowest BCUT2D eigenvalue weighted by Gasteiger charge is -2.06. The summed E-state index contributed by atoms with van der Waals surface area (Å²) in [4.78, 5) is 5.76. The van der Waals surface area contributed by atoms with E-state index in [2.05, 4.69) is 26.9 Å². The van der Waals surface area contributed by atoms with Crippen LogP contribution in [0.5, 0.6) is 0 Å². The number of hydrogen-bond donors (Lipinski definition) is 0. The number of pyridine rings is 1. The van der Waals surface area contributed by atoms with Gasteiger partial charge in [-0.2, -0.15) is 13.2 Å². The maximum atomic E-state index is 12.5. The lowest BCUT2D eigenvalue weighted by molar-refractivity contribution is -0.141. The van der Waals surface area contributed by atoms with E-state index in [4.69, 9.17) is 5.53 Å². The molecule has 0 spiro atoms. The number of hydrogen-bond acceptors (Lipinski definition) is 2. The third kappa shape index (κ3) is 4.05.